The van der Waals surface area contributed by atoms with E-state index < -0.39 is 0 Å². The van der Waals surface area contributed by atoms with Crippen LogP contribution in [0.1, 0.15) is 24.8 Å². The molecule has 3 nitrogen and oxygen atoms in total. The maximum atomic E-state index is 11.7. The van der Waals surface area contributed by atoms with Gasteiger partial charge in [-0.3, -0.25) is 4.79 Å². The van der Waals surface area contributed by atoms with Crippen LogP contribution >= 0.6 is 11.6 Å². The summed E-state index contributed by atoms with van der Waals surface area (Å²) in [5, 5.41) is 7.02. The Kier molecular flexibility index (Phi) is 5.02. The highest BCUT2D eigenvalue weighted by Crippen LogP contribution is 2.15. The Hall–Kier alpha value is -1.06. The van der Waals surface area contributed by atoms with E-state index in [1.165, 1.54) is 12.8 Å². The quantitative estimate of drug-likeness (QED) is 0.857. The molecule has 2 N–H and O–H groups in total. The Morgan fingerprint density at radius 3 is 3.00 bits per heavy atom. The van der Waals surface area contributed by atoms with E-state index in [0.717, 1.165) is 25.1 Å². The van der Waals surface area contributed by atoms with Gasteiger partial charge in [-0.25, -0.2) is 0 Å². The molecule has 0 spiro atoms. The molecule has 2 rings (SSSR count). The van der Waals surface area contributed by atoms with Crippen molar-refractivity contribution in [1.82, 2.24) is 10.6 Å². The maximum Gasteiger partial charge on any atom is 0.224 e. The van der Waals surface area contributed by atoms with Crippen LogP contribution in [0.25, 0.3) is 0 Å². The molecule has 1 heterocycles. The Morgan fingerprint density at radius 1 is 1.44 bits per heavy atom. The smallest absolute Gasteiger partial charge is 0.224 e. The van der Waals surface area contributed by atoms with Crippen LogP contribution in [0.5, 0.6) is 0 Å². The second-order valence-corrected chi connectivity index (χ2v) is 5.11. The fraction of sp³-hybridized carbons (Fsp3) is 0.500. The molecule has 1 aliphatic rings. The summed E-state index contributed by atoms with van der Waals surface area (Å²) >= 11 is 6.02. The third kappa shape index (κ3) is 4.00. The number of amides is 1. The van der Waals surface area contributed by atoms with Crippen LogP contribution in [0, 0.1) is 0 Å². The summed E-state index contributed by atoms with van der Waals surface area (Å²) in [6.45, 7) is 1.85. The van der Waals surface area contributed by atoms with Crippen LogP contribution in [0.15, 0.2) is 24.3 Å². The topological polar surface area (TPSA) is 41.1 Å². The van der Waals surface area contributed by atoms with Gasteiger partial charge in [0.05, 0.1) is 6.42 Å². The van der Waals surface area contributed by atoms with Gasteiger partial charge in [-0.15, -0.1) is 0 Å². The number of nitrogens with one attached hydrogen (secondary N) is 2. The zero-order valence-electron chi connectivity index (χ0n) is 10.4. The predicted molar refractivity (Wildman–Crippen MR) is 73.8 cm³/mol. The van der Waals surface area contributed by atoms with Crippen molar-refractivity contribution in [3.05, 3.63) is 34.9 Å². The molecule has 1 aromatic rings. The monoisotopic (exact) mass is 266 g/mol. The molecule has 98 valence electrons. The molecule has 0 aliphatic carbocycles. The van der Waals surface area contributed by atoms with Gasteiger partial charge in [0, 0.05) is 17.6 Å². The number of hydrogen-bond donors (Lipinski definition) is 2. The van der Waals surface area contributed by atoms with Gasteiger partial charge in [0.15, 0.2) is 0 Å². The maximum absolute atomic E-state index is 11.7. The van der Waals surface area contributed by atoms with E-state index in [2.05, 4.69) is 10.6 Å². The van der Waals surface area contributed by atoms with E-state index >= 15 is 0 Å². The first-order valence-electron chi connectivity index (χ1n) is 6.49. The molecule has 0 radical (unpaired) electrons. The molecule has 1 fully saturated rings. The average Bonchev–Trinajstić information content (AvgIpc) is 2.85. The van der Waals surface area contributed by atoms with E-state index in [9.17, 15) is 4.79 Å². The molecule has 0 unspecified atom stereocenters. The van der Waals surface area contributed by atoms with Crippen molar-refractivity contribution in [2.24, 2.45) is 0 Å². The molecular formula is C14H19ClN2O. The molecule has 1 aliphatic heterocycles. The Bertz CT molecular complexity index is 403. The lowest BCUT2D eigenvalue weighted by atomic mass is 10.1. The van der Waals surface area contributed by atoms with Crippen molar-refractivity contribution < 1.29 is 4.79 Å². The van der Waals surface area contributed by atoms with Crippen molar-refractivity contribution in [3.8, 4) is 0 Å². The number of halogens is 1. The Balaban J connectivity index is 1.70. The summed E-state index contributed by atoms with van der Waals surface area (Å²) in [5.74, 6) is 0.0427. The molecule has 1 saturated heterocycles. The van der Waals surface area contributed by atoms with Crippen LogP contribution in [-0.2, 0) is 11.2 Å². The second kappa shape index (κ2) is 6.76. The first-order chi connectivity index (χ1) is 8.75. The molecule has 1 aromatic carbocycles. The number of rotatable bonds is 5. The minimum atomic E-state index is 0.0427. The summed E-state index contributed by atoms with van der Waals surface area (Å²) in [6, 6.07) is 8.05. The third-order valence-electron chi connectivity index (χ3n) is 3.29. The van der Waals surface area contributed by atoms with Crippen molar-refractivity contribution >= 4 is 17.5 Å². The van der Waals surface area contributed by atoms with Crippen LogP contribution < -0.4 is 10.6 Å². The van der Waals surface area contributed by atoms with Crippen molar-refractivity contribution in [2.75, 3.05) is 13.1 Å². The number of benzene rings is 1. The van der Waals surface area contributed by atoms with Gasteiger partial charge < -0.3 is 10.6 Å². The van der Waals surface area contributed by atoms with Gasteiger partial charge in [-0.05, 0) is 37.4 Å². The summed E-state index contributed by atoms with van der Waals surface area (Å²) < 4.78 is 0. The minimum absolute atomic E-state index is 0.0427. The van der Waals surface area contributed by atoms with Gasteiger partial charge in [-0.1, -0.05) is 29.8 Å². The van der Waals surface area contributed by atoms with Gasteiger partial charge in [-0.2, -0.15) is 0 Å². The van der Waals surface area contributed by atoms with Crippen LogP contribution in [-0.4, -0.2) is 25.0 Å². The predicted octanol–water partition coefficient (Wildman–Crippen LogP) is 2.14. The van der Waals surface area contributed by atoms with E-state index in [0.29, 0.717) is 17.5 Å². The van der Waals surface area contributed by atoms with E-state index in [4.69, 9.17) is 11.6 Å². The van der Waals surface area contributed by atoms with Gasteiger partial charge in [0.1, 0.15) is 0 Å². The fourth-order valence-corrected chi connectivity index (χ4v) is 2.47. The lowest BCUT2D eigenvalue weighted by Gasteiger charge is -2.11. The number of hydrogen-bond acceptors (Lipinski definition) is 2. The van der Waals surface area contributed by atoms with Gasteiger partial charge >= 0.3 is 0 Å². The van der Waals surface area contributed by atoms with Crippen molar-refractivity contribution in [2.45, 2.75) is 31.7 Å². The Morgan fingerprint density at radius 2 is 2.28 bits per heavy atom. The zero-order valence-corrected chi connectivity index (χ0v) is 11.2. The normalized spacial score (nSPS) is 18.8. The highest BCUT2D eigenvalue weighted by molar-refractivity contribution is 6.31. The SMILES string of the molecule is O=C(Cc1ccccc1Cl)NCC[C@@H]1CCCN1. The molecule has 4 heteroatoms. The summed E-state index contributed by atoms with van der Waals surface area (Å²) in [5.41, 5.74) is 0.885. The highest BCUT2D eigenvalue weighted by Gasteiger charge is 2.13. The van der Waals surface area contributed by atoms with E-state index in [1.807, 2.05) is 24.3 Å². The highest BCUT2D eigenvalue weighted by atomic mass is 35.5. The summed E-state index contributed by atoms with van der Waals surface area (Å²) in [6.07, 6.45) is 3.84. The first kappa shape index (κ1) is 13.4. The number of carbonyl (C=O) groups is 1. The van der Waals surface area contributed by atoms with E-state index in [1.54, 1.807) is 0 Å². The van der Waals surface area contributed by atoms with Gasteiger partial charge in [0.2, 0.25) is 5.91 Å². The van der Waals surface area contributed by atoms with Crippen molar-refractivity contribution in [1.29, 1.82) is 0 Å². The number of carbonyl (C=O) groups excluding carboxylic acids is 1. The van der Waals surface area contributed by atoms with Crippen molar-refractivity contribution in [3.63, 3.8) is 0 Å². The average molecular weight is 267 g/mol. The lowest BCUT2D eigenvalue weighted by Crippen LogP contribution is -2.31. The van der Waals surface area contributed by atoms with Gasteiger partial charge in [0.25, 0.3) is 0 Å². The standard InChI is InChI=1S/C14H19ClN2O/c15-13-6-2-1-4-11(13)10-14(18)17-9-7-12-5-3-8-16-12/h1-2,4,6,12,16H,3,5,7-10H2,(H,17,18)/t12-/m0/s1. The largest absolute Gasteiger partial charge is 0.356 e. The van der Waals surface area contributed by atoms with Crippen LogP contribution in [0.4, 0.5) is 0 Å². The lowest BCUT2D eigenvalue weighted by molar-refractivity contribution is -0.120. The zero-order chi connectivity index (χ0) is 12.8. The fourth-order valence-electron chi connectivity index (χ4n) is 2.27. The summed E-state index contributed by atoms with van der Waals surface area (Å²) in [7, 11) is 0. The third-order valence-corrected chi connectivity index (χ3v) is 3.65. The minimum Gasteiger partial charge on any atom is -0.356 e. The molecular weight excluding hydrogens is 248 g/mol. The molecule has 0 aromatic heterocycles. The molecule has 0 saturated carbocycles. The second-order valence-electron chi connectivity index (χ2n) is 4.70. The molecule has 18 heavy (non-hydrogen) atoms. The molecule has 1 amide bonds. The van der Waals surface area contributed by atoms with E-state index in [-0.39, 0.29) is 5.91 Å². The molecule has 0 bridgehead atoms. The van der Waals surface area contributed by atoms with Crippen LogP contribution in [0.2, 0.25) is 5.02 Å². The first-order valence-corrected chi connectivity index (χ1v) is 6.87. The summed E-state index contributed by atoms with van der Waals surface area (Å²) in [4.78, 5) is 11.7. The van der Waals surface area contributed by atoms with Crippen LogP contribution in [0.3, 0.4) is 0 Å². The molecule has 1 atom stereocenters. The Labute approximate surface area is 113 Å².